The van der Waals surface area contributed by atoms with Gasteiger partial charge in [-0.1, -0.05) is 33.8 Å². The quantitative estimate of drug-likeness (QED) is 0.680. The van der Waals surface area contributed by atoms with E-state index in [0.717, 1.165) is 65.5 Å². The molecule has 0 aliphatic rings. The predicted molar refractivity (Wildman–Crippen MR) is 110 cm³/mol. The number of methoxy groups -OCH3 is 1. The molecular formula is C22H33N3O. The second kappa shape index (κ2) is 9.02. The van der Waals surface area contributed by atoms with Gasteiger partial charge in [-0.3, -0.25) is 0 Å². The number of nitrogens with one attached hydrogen (secondary N) is 1. The second-order valence-electron chi connectivity index (χ2n) is 6.82. The van der Waals surface area contributed by atoms with E-state index in [1.54, 1.807) is 7.11 Å². The molecule has 0 radical (unpaired) electrons. The Morgan fingerprint density at radius 3 is 2.12 bits per heavy atom. The van der Waals surface area contributed by atoms with Gasteiger partial charge in [0.25, 0.3) is 0 Å². The molecule has 1 heterocycles. The van der Waals surface area contributed by atoms with Crippen molar-refractivity contribution in [3.8, 4) is 17.0 Å². The van der Waals surface area contributed by atoms with E-state index >= 15 is 0 Å². The fraction of sp³-hybridized carbons (Fsp3) is 0.545. The minimum absolute atomic E-state index is 0.436. The summed E-state index contributed by atoms with van der Waals surface area (Å²) in [4.78, 5) is 10.0. The lowest BCUT2D eigenvalue weighted by Crippen LogP contribution is -2.20. The summed E-state index contributed by atoms with van der Waals surface area (Å²) in [6.45, 7) is 12.9. The van der Waals surface area contributed by atoms with Crippen molar-refractivity contribution in [2.24, 2.45) is 0 Å². The van der Waals surface area contributed by atoms with Gasteiger partial charge >= 0.3 is 0 Å². The van der Waals surface area contributed by atoms with E-state index in [1.807, 2.05) is 0 Å². The first-order chi connectivity index (χ1) is 12.5. The third-order valence-corrected chi connectivity index (χ3v) is 5.03. The topological polar surface area (TPSA) is 47.0 Å². The largest absolute Gasteiger partial charge is 0.496 e. The Balaban J connectivity index is 2.60. The zero-order valence-electron chi connectivity index (χ0n) is 17.4. The number of benzene rings is 1. The molecule has 0 fully saturated rings. The van der Waals surface area contributed by atoms with E-state index < -0.39 is 0 Å². The van der Waals surface area contributed by atoms with Crippen molar-refractivity contribution in [3.05, 3.63) is 34.6 Å². The van der Waals surface area contributed by atoms with Crippen molar-refractivity contribution in [1.29, 1.82) is 0 Å². The second-order valence-corrected chi connectivity index (χ2v) is 6.82. The third kappa shape index (κ3) is 4.17. The summed E-state index contributed by atoms with van der Waals surface area (Å²) in [5.41, 5.74) is 6.50. The molecule has 142 valence electrons. The number of nitrogens with zero attached hydrogens (tertiary/aromatic N) is 2. The summed E-state index contributed by atoms with van der Waals surface area (Å²) in [7, 11) is 1.72. The molecule has 4 heteroatoms. The van der Waals surface area contributed by atoms with Crippen molar-refractivity contribution in [3.63, 3.8) is 0 Å². The highest BCUT2D eigenvalue weighted by Gasteiger charge is 2.17. The van der Waals surface area contributed by atoms with Crippen LogP contribution in [0.3, 0.4) is 0 Å². The molecule has 0 spiro atoms. The Labute approximate surface area is 158 Å². The molecule has 26 heavy (non-hydrogen) atoms. The van der Waals surface area contributed by atoms with Crippen LogP contribution in [0.15, 0.2) is 12.1 Å². The van der Waals surface area contributed by atoms with Gasteiger partial charge in [-0.05, 0) is 56.7 Å². The van der Waals surface area contributed by atoms with Crippen molar-refractivity contribution >= 4 is 5.82 Å². The van der Waals surface area contributed by atoms with Crippen LogP contribution in [-0.2, 0) is 12.8 Å². The number of rotatable bonds is 8. The van der Waals surface area contributed by atoms with E-state index in [4.69, 9.17) is 14.7 Å². The number of ether oxygens (including phenoxy) is 1. The molecule has 0 bridgehead atoms. The highest BCUT2D eigenvalue weighted by molar-refractivity contribution is 5.70. The molecule has 2 rings (SSSR count). The lowest BCUT2D eigenvalue weighted by molar-refractivity contribution is 0.412. The summed E-state index contributed by atoms with van der Waals surface area (Å²) in [6.07, 6.45) is 3.87. The molecule has 0 aliphatic heterocycles. The van der Waals surface area contributed by atoms with E-state index in [0.29, 0.717) is 6.04 Å². The van der Waals surface area contributed by atoms with Crippen LogP contribution in [-0.4, -0.2) is 23.1 Å². The first kappa shape index (κ1) is 20.2. The van der Waals surface area contributed by atoms with Gasteiger partial charge in [0.2, 0.25) is 0 Å². The fourth-order valence-corrected chi connectivity index (χ4v) is 3.32. The number of hydrogen-bond donors (Lipinski definition) is 1. The zero-order chi connectivity index (χ0) is 19.3. The smallest absolute Gasteiger partial charge is 0.148 e. The molecule has 0 atom stereocenters. The van der Waals surface area contributed by atoms with E-state index in [2.05, 4.69) is 59.0 Å². The highest BCUT2D eigenvalue weighted by Crippen LogP contribution is 2.32. The van der Waals surface area contributed by atoms with Crippen molar-refractivity contribution in [2.75, 3.05) is 12.4 Å². The average Bonchev–Trinajstić information content (AvgIpc) is 2.65. The Kier molecular flexibility index (Phi) is 7.01. The lowest BCUT2D eigenvalue weighted by Gasteiger charge is -2.20. The van der Waals surface area contributed by atoms with Crippen molar-refractivity contribution in [1.82, 2.24) is 9.97 Å². The summed E-state index contributed by atoms with van der Waals surface area (Å²) < 4.78 is 5.54. The van der Waals surface area contributed by atoms with Gasteiger partial charge in [-0.2, -0.15) is 0 Å². The Morgan fingerprint density at radius 1 is 0.923 bits per heavy atom. The van der Waals surface area contributed by atoms with Crippen molar-refractivity contribution in [2.45, 2.75) is 73.3 Å². The normalized spacial score (nSPS) is 11.1. The number of hydrogen-bond acceptors (Lipinski definition) is 4. The molecule has 0 unspecified atom stereocenters. The molecule has 0 saturated carbocycles. The molecule has 1 aromatic carbocycles. The first-order valence-electron chi connectivity index (χ1n) is 9.80. The molecule has 0 aliphatic carbocycles. The standard InChI is InChI=1S/C22H33N3O/c1-8-16(9-2)23-22-19(11-4)24-21(18(10-3)25-22)17-13-20(26-7)15(6)12-14(17)5/h12-13,16H,8-11H2,1-7H3,(H,23,25). The van der Waals surface area contributed by atoms with Gasteiger partial charge in [-0.25, -0.2) is 9.97 Å². The maximum Gasteiger partial charge on any atom is 0.148 e. The van der Waals surface area contributed by atoms with E-state index in [1.165, 1.54) is 5.56 Å². The number of anilines is 1. The number of aromatic nitrogens is 2. The molecule has 1 N–H and O–H groups in total. The van der Waals surface area contributed by atoms with Gasteiger partial charge in [0.15, 0.2) is 0 Å². The van der Waals surface area contributed by atoms with Crippen molar-refractivity contribution < 1.29 is 4.74 Å². The molecule has 2 aromatic rings. The van der Waals surface area contributed by atoms with Gasteiger partial charge in [-0.15, -0.1) is 0 Å². The molecule has 0 amide bonds. The molecule has 4 nitrogen and oxygen atoms in total. The SMILES string of the molecule is CCc1nc(-c2cc(OC)c(C)cc2C)c(CC)nc1NC(CC)CC. The van der Waals surface area contributed by atoms with Crippen LogP contribution in [0.4, 0.5) is 5.82 Å². The maximum absolute atomic E-state index is 5.54. The lowest BCUT2D eigenvalue weighted by atomic mass is 9.99. The Bertz CT molecular complexity index is 752. The summed E-state index contributed by atoms with van der Waals surface area (Å²) in [5, 5.41) is 3.60. The van der Waals surface area contributed by atoms with Crippen LogP contribution in [0.1, 0.15) is 63.1 Å². The summed E-state index contributed by atoms with van der Waals surface area (Å²) in [5.74, 6) is 1.84. The van der Waals surface area contributed by atoms with E-state index in [9.17, 15) is 0 Å². The summed E-state index contributed by atoms with van der Waals surface area (Å²) in [6, 6.07) is 4.70. The average molecular weight is 356 g/mol. The van der Waals surface area contributed by atoms with Crippen LogP contribution in [0, 0.1) is 13.8 Å². The van der Waals surface area contributed by atoms with E-state index in [-0.39, 0.29) is 0 Å². The summed E-state index contributed by atoms with van der Waals surface area (Å²) >= 11 is 0. The molecule has 1 aromatic heterocycles. The highest BCUT2D eigenvalue weighted by atomic mass is 16.5. The third-order valence-electron chi connectivity index (χ3n) is 5.03. The molecular weight excluding hydrogens is 322 g/mol. The minimum Gasteiger partial charge on any atom is -0.496 e. The van der Waals surface area contributed by atoms with Gasteiger partial charge < -0.3 is 10.1 Å². The van der Waals surface area contributed by atoms with Gasteiger partial charge in [0.1, 0.15) is 11.6 Å². The Morgan fingerprint density at radius 2 is 1.58 bits per heavy atom. The first-order valence-corrected chi connectivity index (χ1v) is 9.80. The number of aryl methyl sites for hydroxylation is 4. The Hall–Kier alpha value is -2.10. The van der Waals surface area contributed by atoms with Gasteiger partial charge in [0.05, 0.1) is 24.2 Å². The zero-order valence-corrected chi connectivity index (χ0v) is 17.4. The van der Waals surface area contributed by atoms with Crippen LogP contribution >= 0.6 is 0 Å². The predicted octanol–water partition coefficient (Wildman–Crippen LogP) is 5.49. The van der Waals surface area contributed by atoms with Gasteiger partial charge in [0, 0.05) is 11.6 Å². The van der Waals surface area contributed by atoms with Crippen LogP contribution in [0.5, 0.6) is 5.75 Å². The fourth-order valence-electron chi connectivity index (χ4n) is 3.32. The minimum atomic E-state index is 0.436. The maximum atomic E-state index is 5.54. The molecule has 0 saturated heterocycles. The van der Waals surface area contributed by atoms with Crippen LogP contribution < -0.4 is 10.1 Å². The monoisotopic (exact) mass is 355 g/mol. The van der Waals surface area contributed by atoms with Crippen LogP contribution in [0.2, 0.25) is 0 Å². The van der Waals surface area contributed by atoms with Crippen LogP contribution in [0.25, 0.3) is 11.3 Å².